The Labute approximate surface area is 136 Å². The van der Waals surface area contributed by atoms with Crippen LogP contribution in [0.4, 0.5) is 0 Å². The Bertz CT molecular complexity index is 625. The Balaban J connectivity index is 2.09. The summed E-state index contributed by atoms with van der Waals surface area (Å²) in [5.41, 5.74) is 7.49. The molecule has 2 aromatic carbocycles. The fourth-order valence-corrected chi connectivity index (χ4v) is 2.26. The van der Waals surface area contributed by atoms with E-state index in [0.29, 0.717) is 10.6 Å². The van der Waals surface area contributed by atoms with Crippen LogP contribution in [0.1, 0.15) is 28.9 Å². The van der Waals surface area contributed by atoms with E-state index in [-0.39, 0.29) is 17.9 Å². The molecule has 0 spiro atoms. The van der Waals surface area contributed by atoms with Crippen LogP contribution in [0.25, 0.3) is 0 Å². The van der Waals surface area contributed by atoms with Gasteiger partial charge in [0.25, 0.3) is 5.91 Å². The van der Waals surface area contributed by atoms with Gasteiger partial charge in [0.1, 0.15) is 0 Å². The van der Waals surface area contributed by atoms with Crippen molar-refractivity contribution in [3.63, 3.8) is 0 Å². The molecule has 0 aromatic heterocycles. The molecule has 114 valence electrons. The molecule has 1 amide bonds. The van der Waals surface area contributed by atoms with Crippen molar-refractivity contribution in [2.45, 2.75) is 13.0 Å². The van der Waals surface area contributed by atoms with Crippen LogP contribution < -0.4 is 10.9 Å². The van der Waals surface area contributed by atoms with Crippen LogP contribution in [0.5, 0.6) is 0 Å². The van der Waals surface area contributed by atoms with E-state index in [4.69, 9.17) is 11.6 Å². The van der Waals surface area contributed by atoms with Crippen LogP contribution in [-0.2, 0) is 0 Å². The monoisotopic (exact) mass is 314 g/mol. The number of hydrogen-bond acceptors (Lipinski definition) is 2. The molecule has 0 fully saturated rings. The van der Waals surface area contributed by atoms with Gasteiger partial charge in [-0.05, 0) is 35.7 Å². The number of carbonyl (C=O) groups excluding carboxylic acids is 1. The molecule has 2 atom stereocenters. The number of hydrazine groups is 1. The summed E-state index contributed by atoms with van der Waals surface area (Å²) < 4.78 is 0. The third-order valence-electron chi connectivity index (χ3n) is 3.50. The van der Waals surface area contributed by atoms with Gasteiger partial charge in [-0.2, -0.15) is 0 Å². The lowest BCUT2D eigenvalue weighted by Crippen LogP contribution is -2.42. The largest absolute Gasteiger partial charge is 0.287 e. The van der Waals surface area contributed by atoms with Crippen molar-refractivity contribution in [3.8, 4) is 0 Å². The number of hydrogen-bond donors (Lipinski definition) is 2. The van der Waals surface area contributed by atoms with E-state index in [9.17, 15) is 4.79 Å². The second-order valence-electron chi connectivity index (χ2n) is 5.09. The van der Waals surface area contributed by atoms with Gasteiger partial charge in [0.05, 0.1) is 6.04 Å². The van der Waals surface area contributed by atoms with Crippen LogP contribution in [0, 0.1) is 5.92 Å². The summed E-state index contributed by atoms with van der Waals surface area (Å²) in [5.74, 6) is -0.0342. The summed E-state index contributed by atoms with van der Waals surface area (Å²) >= 11 is 5.93. The molecule has 0 aliphatic rings. The molecule has 0 radical (unpaired) electrons. The molecular weight excluding hydrogens is 296 g/mol. The zero-order chi connectivity index (χ0) is 15.9. The Morgan fingerprint density at radius 3 is 2.36 bits per heavy atom. The molecule has 2 N–H and O–H groups in total. The van der Waals surface area contributed by atoms with Crippen LogP contribution in [0.3, 0.4) is 0 Å². The summed E-state index contributed by atoms with van der Waals surface area (Å²) in [7, 11) is 0. The van der Waals surface area contributed by atoms with E-state index in [1.54, 1.807) is 12.1 Å². The Morgan fingerprint density at radius 1 is 1.14 bits per heavy atom. The topological polar surface area (TPSA) is 41.1 Å². The number of halogens is 1. The first-order chi connectivity index (χ1) is 10.6. The molecule has 0 aliphatic heterocycles. The third-order valence-corrected chi connectivity index (χ3v) is 3.76. The summed E-state index contributed by atoms with van der Waals surface area (Å²) in [6, 6.07) is 16.5. The van der Waals surface area contributed by atoms with Gasteiger partial charge in [-0.15, -0.1) is 6.58 Å². The van der Waals surface area contributed by atoms with E-state index >= 15 is 0 Å². The first kappa shape index (κ1) is 16.3. The summed E-state index contributed by atoms with van der Waals surface area (Å²) in [4.78, 5) is 12.1. The predicted octanol–water partition coefficient (Wildman–Crippen LogP) is 4.14. The maximum absolute atomic E-state index is 12.1. The molecule has 2 aromatic rings. The molecule has 22 heavy (non-hydrogen) atoms. The molecule has 0 aliphatic carbocycles. The third kappa shape index (κ3) is 4.20. The van der Waals surface area contributed by atoms with Crippen molar-refractivity contribution >= 4 is 17.5 Å². The van der Waals surface area contributed by atoms with Gasteiger partial charge in [-0.3, -0.25) is 10.2 Å². The fourth-order valence-electron chi connectivity index (χ4n) is 2.13. The molecule has 0 heterocycles. The second kappa shape index (κ2) is 7.78. The lowest BCUT2D eigenvalue weighted by Gasteiger charge is -2.24. The summed E-state index contributed by atoms with van der Waals surface area (Å²) in [6.45, 7) is 5.87. The number of carbonyl (C=O) groups is 1. The number of rotatable bonds is 6. The smallest absolute Gasteiger partial charge is 0.265 e. The van der Waals surface area contributed by atoms with Gasteiger partial charge in [-0.1, -0.05) is 54.9 Å². The Hall–Kier alpha value is -2.10. The molecule has 0 saturated carbocycles. The minimum atomic E-state index is -0.171. The van der Waals surface area contributed by atoms with E-state index in [0.717, 1.165) is 5.56 Å². The molecule has 2 rings (SSSR count). The average Bonchev–Trinajstić information content (AvgIpc) is 2.56. The maximum Gasteiger partial charge on any atom is 0.265 e. The Morgan fingerprint density at radius 2 is 1.77 bits per heavy atom. The minimum Gasteiger partial charge on any atom is -0.287 e. The van der Waals surface area contributed by atoms with Gasteiger partial charge in [-0.25, -0.2) is 5.43 Å². The summed E-state index contributed by atoms with van der Waals surface area (Å²) in [6.07, 6.45) is 1.85. The lowest BCUT2D eigenvalue weighted by molar-refractivity contribution is 0.0921. The highest BCUT2D eigenvalue weighted by Gasteiger charge is 2.17. The maximum atomic E-state index is 12.1. The van der Waals surface area contributed by atoms with E-state index in [1.165, 1.54) is 0 Å². The molecule has 0 unspecified atom stereocenters. The first-order valence-corrected chi connectivity index (χ1v) is 7.48. The predicted molar refractivity (Wildman–Crippen MR) is 90.6 cm³/mol. The van der Waals surface area contributed by atoms with Crippen LogP contribution >= 0.6 is 11.6 Å². The van der Waals surface area contributed by atoms with Crippen molar-refractivity contribution in [1.82, 2.24) is 10.9 Å². The molecule has 4 heteroatoms. The number of benzene rings is 2. The van der Waals surface area contributed by atoms with Crippen molar-refractivity contribution in [1.29, 1.82) is 0 Å². The van der Waals surface area contributed by atoms with Crippen LogP contribution in [-0.4, -0.2) is 5.91 Å². The van der Waals surface area contributed by atoms with Crippen molar-refractivity contribution in [2.75, 3.05) is 0 Å². The van der Waals surface area contributed by atoms with Crippen LogP contribution in [0.2, 0.25) is 5.02 Å². The van der Waals surface area contributed by atoms with Crippen molar-refractivity contribution < 1.29 is 4.79 Å². The van der Waals surface area contributed by atoms with Gasteiger partial charge in [0.15, 0.2) is 0 Å². The highest BCUT2D eigenvalue weighted by molar-refractivity contribution is 6.30. The second-order valence-corrected chi connectivity index (χ2v) is 5.52. The highest BCUT2D eigenvalue weighted by Crippen LogP contribution is 2.23. The van der Waals surface area contributed by atoms with E-state index < -0.39 is 0 Å². The zero-order valence-corrected chi connectivity index (χ0v) is 13.2. The van der Waals surface area contributed by atoms with Gasteiger partial charge < -0.3 is 0 Å². The Kier molecular flexibility index (Phi) is 5.75. The average molecular weight is 315 g/mol. The van der Waals surface area contributed by atoms with E-state index in [1.807, 2.05) is 55.5 Å². The van der Waals surface area contributed by atoms with Crippen molar-refractivity contribution in [2.24, 2.45) is 5.92 Å². The first-order valence-electron chi connectivity index (χ1n) is 7.10. The van der Waals surface area contributed by atoms with Gasteiger partial charge >= 0.3 is 0 Å². The normalized spacial score (nSPS) is 13.2. The molecular formula is C18H19ClN2O. The van der Waals surface area contributed by atoms with Gasteiger partial charge in [0.2, 0.25) is 0 Å². The lowest BCUT2D eigenvalue weighted by atomic mass is 9.95. The SMILES string of the molecule is C=C[C@@H](C)[C@@H](NNC(=O)c1ccccc1)c1ccc(Cl)cc1. The molecule has 0 bridgehead atoms. The van der Waals surface area contributed by atoms with Crippen LogP contribution in [0.15, 0.2) is 67.3 Å². The number of nitrogens with one attached hydrogen (secondary N) is 2. The molecule has 3 nitrogen and oxygen atoms in total. The molecule has 0 saturated heterocycles. The fraction of sp³-hybridized carbons (Fsp3) is 0.167. The zero-order valence-electron chi connectivity index (χ0n) is 12.4. The number of amides is 1. The van der Waals surface area contributed by atoms with Crippen molar-refractivity contribution in [3.05, 3.63) is 83.4 Å². The minimum absolute atomic E-state index is 0.0811. The van der Waals surface area contributed by atoms with Gasteiger partial charge in [0, 0.05) is 10.6 Å². The highest BCUT2D eigenvalue weighted by atomic mass is 35.5. The quantitative estimate of drug-likeness (QED) is 0.621. The standard InChI is InChI=1S/C18H19ClN2O/c1-3-13(2)17(14-9-11-16(19)12-10-14)20-21-18(22)15-7-5-4-6-8-15/h3-13,17,20H,1H2,2H3,(H,21,22)/t13-,17-/m1/s1. The van der Waals surface area contributed by atoms with E-state index in [2.05, 4.69) is 17.4 Å². The summed E-state index contributed by atoms with van der Waals surface area (Å²) in [5, 5.41) is 0.682.